The van der Waals surface area contributed by atoms with Gasteiger partial charge >= 0.3 is 6.09 Å². The van der Waals surface area contributed by atoms with E-state index < -0.39 is 140 Å². The Morgan fingerprint density at radius 1 is 0.299 bits per heavy atom. The minimum Gasteiger partial charge on any atom is -0.447 e. The Labute approximate surface area is 878 Å². The highest BCUT2D eigenvalue weighted by Crippen LogP contribution is 2.31. The zero-order valence-electron chi connectivity index (χ0n) is 91.4. The minimum atomic E-state index is -1.37. The van der Waals surface area contributed by atoms with Gasteiger partial charge in [0.05, 0.1) is 109 Å². The van der Waals surface area contributed by atoms with Crippen molar-refractivity contribution in [3.05, 3.63) is 0 Å². The van der Waals surface area contributed by atoms with Gasteiger partial charge in [0.2, 0.25) is 41.4 Å². The summed E-state index contributed by atoms with van der Waals surface area (Å²) in [6.07, 6.45) is 23.4. The third kappa shape index (κ3) is 67.2. The fourth-order valence-corrected chi connectivity index (χ4v) is 17.1. The summed E-state index contributed by atoms with van der Waals surface area (Å²) >= 11 is 0. The zero-order chi connectivity index (χ0) is 108. The lowest BCUT2D eigenvalue weighted by Crippen LogP contribution is -2.59. The Hall–Kier alpha value is -5.36. The van der Waals surface area contributed by atoms with Crippen molar-refractivity contribution in [1.29, 1.82) is 0 Å². The van der Waals surface area contributed by atoms with Gasteiger partial charge in [-0.3, -0.25) is 33.6 Å². The quantitative estimate of drug-likeness (QED) is 0.0254. The molecule has 3 aliphatic rings. The molecule has 0 spiro atoms. The normalized spacial score (nSPS) is 21.8. The number of carbonyl (C=O) groups is 8. The number of hydrogen-bond donors (Lipinski definition) is 18. The minimum absolute atomic E-state index is 0.00334. The molecule has 0 aromatic carbocycles. The van der Waals surface area contributed by atoms with Gasteiger partial charge in [-0.05, 0) is 144 Å². The van der Waals surface area contributed by atoms with Crippen LogP contribution in [0.4, 0.5) is 4.79 Å². The van der Waals surface area contributed by atoms with E-state index in [-0.39, 0.29) is 166 Å². The summed E-state index contributed by atoms with van der Waals surface area (Å²) < 4.78 is 83.6. The van der Waals surface area contributed by atoms with Gasteiger partial charge in [0, 0.05) is 142 Å². The summed E-state index contributed by atoms with van der Waals surface area (Å²) in [4.78, 5) is 105. The fourth-order valence-electron chi connectivity index (χ4n) is 17.1. The molecular weight excluding hydrogens is 1910 g/mol. The van der Waals surface area contributed by atoms with Crippen LogP contribution in [-0.2, 0) is 99.9 Å². The Balaban J connectivity index is 1.57. The number of carbonyl (C=O) groups excluding carboxylic acids is 8. The first-order chi connectivity index (χ1) is 70.8. The summed E-state index contributed by atoms with van der Waals surface area (Å²) in [5.41, 5.74) is -2.73. The maximum Gasteiger partial charge on any atom is 0.407 e. The van der Waals surface area contributed by atoms with Crippen LogP contribution >= 0.6 is 0 Å². The van der Waals surface area contributed by atoms with E-state index in [0.29, 0.717) is 169 Å². The van der Waals surface area contributed by atoms with Crippen LogP contribution in [0.2, 0.25) is 0 Å². The molecule has 0 aromatic heterocycles. The van der Waals surface area contributed by atoms with Crippen molar-refractivity contribution in [2.45, 2.75) is 441 Å². The van der Waals surface area contributed by atoms with E-state index in [1.54, 1.807) is 20.8 Å². The number of nitrogens with one attached hydrogen (secondary N) is 9. The third-order valence-electron chi connectivity index (χ3n) is 26.9. The van der Waals surface area contributed by atoms with Crippen LogP contribution < -0.4 is 47.9 Å². The van der Waals surface area contributed by atoms with Crippen LogP contribution in [0.1, 0.15) is 345 Å². The Morgan fingerprint density at radius 3 is 1.03 bits per heavy atom. The highest BCUT2D eigenvalue weighted by Gasteiger charge is 2.46. The maximum absolute atomic E-state index is 14.4. The summed E-state index contributed by atoms with van der Waals surface area (Å²) in [5, 5.41) is 117. The first-order valence-electron chi connectivity index (χ1n) is 56.3. The van der Waals surface area contributed by atoms with Gasteiger partial charge < -0.3 is 160 Å². The van der Waals surface area contributed by atoms with Crippen LogP contribution in [0.3, 0.4) is 0 Å². The number of alkyl carbamates (subject to hydrolysis) is 1. The summed E-state index contributed by atoms with van der Waals surface area (Å²) in [6, 6.07) is 0. The van der Waals surface area contributed by atoms with Crippen molar-refractivity contribution in [2.75, 3.05) is 178 Å². The molecule has 0 bridgehead atoms. The smallest absolute Gasteiger partial charge is 0.407 e. The van der Waals surface area contributed by atoms with Gasteiger partial charge in [-0.1, -0.05) is 169 Å². The van der Waals surface area contributed by atoms with Crippen LogP contribution in [0.25, 0.3) is 0 Å². The molecule has 147 heavy (non-hydrogen) atoms. The van der Waals surface area contributed by atoms with Crippen molar-refractivity contribution in [1.82, 2.24) is 47.9 Å². The molecule has 862 valence electrons. The first-order valence-corrected chi connectivity index (χ1v) is 56.3. The second-order valence-corrected chi connectivity index (χ2v) is 41.4. The van der Waals surface area contributed by atoms with E-state index in [1.165, 1.54) is 116 Å². The number of hydrogen-bond acceptors (Lipinski definition) is 32. The molecule has 18 N–H and O–H groups in total. The predicted molar refractivity (Wildman–Crippen MR) is 557 cm³/mol. The Morgan fingerprint density at radius 2 is 0.619 bits per heavy atom. The van der Waals surface area contributed by atoms with Gasteiger partial charge in [0.25, 0.3) is 0 Å². The van der Waals surface area contributed by atoms with Gasteiger partial charge in [0.15, 0.2) is 18.9 Å². The van der Waals surface area contributed by atoms with E-state index in [4.69, 9.17) is 66.3 Å². The molecule has 16 atom stereocenters. The largest absolute Gasteiger partial charge is 0.447 e. The fraction of sp³-hybridized carbons (Fsp3) is 0.925. The van der Waals surface area contributed by atoms with E-state index in [9.17, 15) is 84.3 Å². The van der Waals surface area contributed by atoms with Crippen molar-refractivity contribution in [3.8, 4) is 0 Å². The average Bonchev–Trinajstić information content (AvgIpc) is 0.828. The SMILES string of the molecule is CCCCCCCCCCCCCCOC(COCCCCCCCCCCCC)COC(=O)NCCCCCC(=O)NCCC(C)(C)OCCC(C)(C)OCCC(=O)NC(COCCCNCCCNC(=O)CCCCOC1OC(CO)C(O)C(O)C1C)(COCCC(=O)NCCCNC(=O)CCCCOC1OC(CO)C(O)C(O)C1C)COCCC(=O)NCCCNC(=O)CCCCOC1OC(CO)C(O)C(O)C1C. The second kappa shape index (κ2) is 85.9. The number of unbranched alkanes of at least 4 members (excludes halogenated alkanes) is 25. The van der Waals surface area contributed by atoms with Gasteiger partial charge in [-0.25, -0.2) is 4.79 Å². The number of amides is 8. The molecule has 40 nitrogen and oxygen atoms in total. The molecule has 3 aliphatic heterocycles. The van der Waals surface area contributed by atoms with Crippen LogP contribution in [0.5, 0.6) is 0 Å². The average molecular weight is 2110 g/mol. The molecule has 0 radical (unpaired) electrons. The molecule has 3 heterocycles. The standard InChI is InChI=1S/C107H203N9O31/c1-10-12-14-16-18-20-22-23-25-27-29-37-65-138-84(76-134-63-36-28-26-24-21-19-17-15-13-11-2)77-142-104(133)115-56-35-30-31-45-91(123)114-62-52-105(6,7)144-72-53-106(8,9)143-71-51-94(126)116-107(78-135-64-44-55-108-54-41-57-109-88(120)46-32-38-66-139-101-81(3)95(127)98(130)85(73-117)145-101,79-136-69-49-92(124)112-60-42-58-110-89(121)47-33-39-67-140-102-82(4)96(128)99(131)86(74-118)146-102)80-137-70-50-93(125)113-61-43-59-111-90(122)48-34-40-68-141-103-83(5)97(129)100(132)87(75-119)147-103/h81-87,95-103,108,117-119,127-132H,10-80H2,1-9H3,(H,109,120)(H,110,121)(H,111,122)(H,112,124)(H,113,125)(H,114,123)(H,115,133)(H,116,126). The van der Waals surface area contributed by atoms with Gasteiger partial charge in [-0.2, -0.15) is 0 Å². The van der Waals surface area contributed by atoms with Crippen molar-refractivity contribution >= 4 is 47.4 Å². The number of ether oxygens (including phenoxy) is 14. The molecule has 0 saturated carbocycles. The molecule has 3 saturated heterocycles. The lowest BCUT2D eigenvalue weighted by molar-refractivity contribution is -0.282. The van der Waals surface area contributed by atoms with E-state index in [0.717, 1.165) is 32.1 Å². The van der Waals surface area contributed by atoms with Crippen LogP contribution in [0, 0.1) is 17.8 Å². The molecule has 40 heteroatoms. The summed E-state index contributed by atoms with van der Waals surface area (Å²) in [6.45, 7) is 21.6. The number of rotatable bonds is 96. The molecule has 3 rings (SSSR count). The van der Waals surface area contributed by atoms with Crippen molar-refractivity contribution in [2.24, 2.45) is 17.8 Å². The summed E-state index contributed by atoms with van der Waals surface area (Å²) in [7, 11) is 0. The van der Waals surface area contributed by atoms with Crippen LogP contribution in [-0.4, -0.2) is 368 Å². The first kappa shape index (κ1) is 136. The van der Waals surface area contributed by atoms with Gasteiger partial charge in [-0.15, -0.1) is 0 Å². The Bertz CT molecular complexity index is 3220. The zero-order valence-corrected chi connectivity index (χ0v) is 91.4. The van der Waals surface area contributed by atoms with Crippen LogP contribution in [0.15, 0.2) is 0 Å². The maximum atomic E-state index is 14.4. The molecule has 16 unspecified atom stereocenters. The predicted octanol–water partition coefficient (Wildman–Crippen LogP) is 8.38. The topological polar surface area (TPSA) is 556 Å². The van der Waals surface area contributed by atoms with E-state index in [2.05, 4.69) is 61.7 Å². The van der Waals surface area contributed by atoms with Crippen molar-refractivity contribution < 1.29 is 151 Å². The molecule has 3 fully saturated rings. The highest BCUT2D eigenvalue weighted by atomic mass is 16.7. The lowest BCUT2D eigenvalue weighted by atomic mass is 9.92. The highest BCUT2D eigenvalue weighted by molar-refractivity contribution is 5.78. The number of aliphatic hydroxyl groups is 9. The molecular formula is C107H203N9O31. The van der Waals surface area contributed by atoms with Crippen molar-refractivity contribution in [3.63, 3.8) is 0 Å². The lowest BCUT2D eigenvalue weighted by Gasteiger charge is -2.40. The summed E-state index contributed by atoms with van der Waals surface area (Å²) in [5.74, 6) is -3.24. The van der Waals surface area contributed by atoms with E-state index >= 15 is 0 Å². The number of aliphatic hydroxyl groups excluding tert-OH is 9. The monoisotopic (exact) mass is 2110 g/mol. The van der Waals surface area contributed by atoms with Gasteiger partial charge in [0.1, 0.15) is 54.9 Å². The van der Waals surface area contributed by atoms with E-state index in [1.807, 2.05) is 27.7 Å². The Kier molecular flexibility index (Phi) is 79.4. The molecule has 0 aromatic rings. The molecule has 0 aliphatic carbocycles. The molecule has 8 amide bonds. The second-order valence-electron chi connectivity index (χ2n) is 41.4. The third-order valence-corrected chi connectivity index (χ3v) is 26.9.